The molecule has 1 heterocycles. The number of anilines is 1. The fourth-order valence-electron chi connectivity index (χ4n) is 4.49. The minimum absolute atomic E-state index is 0.00358. The van der Waals surface area contributed by atoms with Crippen LogP contribution in [0.5, 0.6) is 11.5 Å². The van der Waals surface area contributed by atoms with E-state index in [4.69, 9.17) is 9.47 Å². The van der Waals surface area contributed by atoms with E-state index in [9.17, 15) is 14.7 Å². The topological polar surface area (TPSA) is 76.1 Å². The van der Waals surface area contributed by atoms with E-state index in [2.05, 4.69) is 15.9 Å². The van der Waals surface area contributed by atoms with Crippen molar-refractivity contribution < 1.29 is 24.2 Å². The van der Waals surface area contributed by atoms with Crippen molar-refractivity contribution in [2.24, 2.45) is 0 Å². The molecule has 4 aromatic carbocycles. The predicted molar refractivity (Wildman–Crippen MR) is 149 cm³/mol. The summed E-state index contributed by atoms with van der Waals surface area (Å²) in [6.45, 7) is 0.364. The highest BCUT2D eigenvalue weighted by Crippen LogP contribution is 2.43. The molecule has 1 aliphatic rings. The fourth-order valence-corrected chi connectivity index (χ4v) is 5.03. The lowest BCUT2D eigenvalue weighted by atomic mass is 9.95. The number of benzene rings is 4. The smallest absolute Gasteiger partial charge is 0.300 e. The van der Waals surface area contributed by atoms with Gasteiger partial charge in [0.2, 0.25) is 0 Å². The highest BCUT2D eigenvalue weighted by molar-refractivity contribution is 9.10. The SMILES string of the molecule is COc1ccc(/C(O)=C2\C(=O)C(=O)N(c3ccccc3)C2c2cccc(OCc3ccccc3)c2)cc1Br. The number of ketones is 1. The van der Waals surface area contributed by atoms with Gasteiger partial charge in [-0.2, -0.15) is 0 Å². The number of amides is 1. The van der Waals surface area contributed by atoms with E-state index in [1.165, 1.54) is 12.0 Å². The van der Waals surface area contributed by atoms with Crippen LogP contribution in [0.25, 0.3) is 5.76 Å². The van der Waals surface area contributed by atoms with Crippen LogP contribution in [-0.2, 0) is 16.2 Å². The normalized spacial score (nSPS) is 16.5. The molecule has 1 saturated heterocycles. The first-order chi connectivity index (χ1) is 18.5. The molecule has 1 N–H and O–H groups in total. The lowest BCUT2D eigenvalue weighted by molar-refractivity contribution is -0.132. The second-order valence-electron chi connectivity index (χ2n) is 8.70. The fraction of sp³-hybridized carbons (Fsp3) is 0.0968. The monoisotopic (exact) mass is 569 g/mol. The van der Waals surface area contributed by atoms with Gasteiger partial charge in [-0.05, 0) is 69.5 Å². The third-order valence-corrected chi connectivity index (χ3v) is 6.95. The van der Waals surface area contributed by atoms with Crippen molar-refractivity contribution in [3.05, 3.63) is 130 Å². The number of ether oxygens (including phenoxy) is 2. The summed E-state index contributed by atoms with van der Waals surface area (Å²) >= 11 is 3.43. The zero-order valence-corrected chi connectivity index (χ0v) is 22.1. The molecule has 0 bridgehead atoms. The molecule has 1 amide bonds. The van der Waals surface area contributed by atoms with Gasteiger partial charge >= 0.3 is 0 Å². The molecular weight excluding hydrogens is 546 g/mol. The number of rotatable bonds is 7. The number of halogens is 1. The Morgan fingerprint density at radius 3 is 2.29 bits per heavy atom. The number of hydrogen-bond acceptors (Lipinski definition) is 5. The first-order valence-corrected chi connectivity index (χ1v) is 12.7. The standard InChI is InChI=1S/C31H24BrNO5/c1-37-26-16-15-22(18-25(26)32)29(34)27-28(33(31(36)30(27)35)23-12-6-3-7-13-23)21-11-8-14-24(17-21)38-19-20-9-4-2-5-10-20/h2-18,28,34H,19H2,1H3/b29-27+. The zero-order valence-electron chi connectivity index (χ0n) is 20.5. The van der Waals surface area contributed by atoms with Crippen molar-refractivity contribution in [2.75, 3.05) is 12.0 Å². The van der Waals surface area contributed by atoms with Crippen LogP contribution < -0.4 is 14.4 Å². The molecular formula is C31H24BrNO5. The van der Waals surface area contributed by atoms with Crippen molar-refractivity contribution in [2.45, 2.75) is 12.6 Å². The summed E-state index contributed by atoms with van der Waals surface area (Å²) in [5, 5.41) is 11.4. The quantitative estimate of drug-likeness (QED) is 0.153. The summed E-state index contributed by atoms with van der Waals surface area (Å²) in [5.74, 6) is -0.598. The van der Waals surface area contributed by atoms with Crippen LogP contribution in [-0.4, -0.2) is 23.9 Å². The molecule has 7 heteroatoms. The van der Waals surface area contributed by atoms with Gasteiger partial charge in [0, 0.05) is 11.3 Å². The summed E-state index contributed by atoms with van der Waals surface area (Å²) in [6, 6.07) is 30.1. The molecule has 0 radical (unpaired) electrons. The summed E-state index contributed by atoms with van der Waals surface area (Å²) in [4.78, 5) is 28.2. The molecule has 0 aromatic heterocycles. The number of para-hydroxylation sites is 1. The number of aliphatic hydroxyl groups is 1. The van der Waals surface area contributed by atoms with Gasteiger partial charge in [0.05, 0.1) is 23.2 Å². The molecule has 190 valence electrons. The van der Waals surface area contributed by atoms with Gasteiger partial charge in [0.25, 0.3) is 11.7 Å². The molecule has 1 aliphatic heterocycles. The predicted octanol–water partition coefficient (Wildman–Crippen LogP) is 6.66. The van der Waals surface area contributed by atoms with Crippen LogP contribution in [0.3, 0.4) is 0 Å². The lowest BCUT2D eigenvalue weighted by Crippen LogP contribution is -2.29. The summed E-state index contributed by atoms with van der Waals surface area (Å²) in [7, 11) is 1.54. The number of aliphatic hydroxyl groups excluding tert-OH is 1. The lowest BCUT2D eigenvalue weighted by Gasteiger charge is -2.25. The molecule has 0 spiro atoms. The van der Waals surface area contributed by atoms with E-state index < -0.39 is 17.7 Å². The maximum absolute atomic E-state index is 13.4. The van der Waals surface area contributed by atoms with Crippen molar-refractivity contribution in [1.82, 2.24) is 0 Å². The average molecular weight is 570 g/mol. The summed E-state index contributed by atoms with van der Waals surface area (Å²) in [6.07, 6.45) is 0. The second kappa shape index (κ2) is 10.9. The zero-order chi connectivity index (χ0) is 26.6. The highest BCUT2D eigenvalue weighted by Gasteiger charge is 2.47. The Bertz CT molecular complexity index is 1520. The average Bonchev–Trinajstić information content (AvgIpc) is 3.22. The van der Waals surface area contributed by atoms with Crippen LogP contribution in [0.4, 0.5) is 5.69 Å². The largest absolute Gasteiger partial charge is 0.507 e. The molecule has 4 aromatic rings. The summed E-state index contributed by atoms with van der Waals surface area (Å²) in [5.41, 5.74) is 2.57. The Balaban J connectivity index is 1.61. The number of hydrogen-bond donors (Lipinski definition) is 1. The number of carbonyl (C=O) groups excluding carboxylic acids is 2. The molecule has 5 rings (SSSR count). The van der Waals surface area contributed by atoms with Gasteiger partial charge in [-0.25, -0.2) is 0 Å². The second-order valence-corrected chi connectivity index (χ2v) is 9.56. The maximum atomic E-state index is 13.4. The van der Waals surface area contributed by atoms with Crippen LogP contribution in [0, 0.1) is 0 Å². The Hall–Kier alpha value is -4.36. The number of nitrogens with zero attached hydrogens (tertiary/aromatic N) is 1. The Morgan fingerprint density at radius 1 is 0.895 bits per heavy atom. The van der Waals surface area contributed by atoms with E-state index in [-0.39, 0.29) is 11.3 Å². The van der Waals surface area contributed by atoms with E-state index in [0.29, 0.717) is 39.4 Å². The molecule has 0 saturated carbocycles. The minimum Gasteiger partial charge on any atom is -0.507 e. The Morgan fingerprint density at radius 2 is 1.61 bits per heavy atom. The third-order valence-electron chi connectivity index (χ3n) is 6.33. The van der Waals surface area contributed by atoms with Gasteiger partial charge in [-0.3, -0.25) is 14.5 Å². The van der Waals surface area contributed by atoms with E-state index in [1.807, 2.05) is 54.6 Å². The molecule has 1 unspecified atom stereocenters. The highest BCUT2D eigenvalue weighted by atomic mass is 79.9. The van der Waals surface area contributed by atoms with Gasteiger partial charge in [-0.15, -0.1) is 0 Å². The van der Waals surface area contributed by atoms with Crippen LogP contribution in [0.2, 0.25) is 0 Å². The van der Waals surface area contributed by atoms with E-state index in [0.717, 1.165) is 5.56 Å². The van der Waals surface area contributed by atoms with E-state index in [1.54, 1.807) is 48.5 Å². The Labute approximate surface area is 228 Å². The first-order valence-electron chi connectivity index (χ1n) is 11.9. The Kier molecular flexibility index (Phi) is 7.29. The van der Waals surface area contributed by atoms with Crippen molar-refractivity contribution >= 4 is 39.1 Å². The van der Waals surface area contributed by atoms with Crippen LogP contribution >= 0.6 is 15.9 Å². The van der Waals surface area contributed by atoms with Gasteiger partial charge in [0.1, 0.15) is 23.9 Å². The van der Waals surface area contributed by atoms with E-state index >= 15 is 0 Å². The molecule has 38 heavy (non-hydrogen) atoms. The summed E-state index contributed by atoms with van der Waals surface area (Å²) < 4.78 is 11.9. The maximum Gasteiger partial charge on any atom is 0.300 e. The third kappa shape index (κ3) is 4.93. The molecule has 1 atom stereocenters. The molecule has 1 fully saturated rings. The van der Waals surface area contributed by atoms with Gasteiger partial charge < -0.3 is 14.6 Å². The number of carbonyl (C=O) groups is 2. The molecule has 0 aliphatic carbocycles. The number of methoxy groups -OCH3 is 1. The van der Waals surface area contributed by atoms with Crippen LogP contribution in [0.15, 0.2) is 113 Å². The van der Waals surface area contributed by atoms with Crippen molar-refractivity contribution in [3.63, 3.8) is 0 Å². The first kappa shape index (κ1) is 25.3. The minimum atomic E-state index is -0.862. The van der Waals surface area contributed by atoms with Gasteiger partial charge in [-0.1, -0.05) is 60.7 Å². The van der Waals surface area contributed by atoms with Crippen LogP contribution in [0.1, 0.15) is 22.7 Å². The molecule has 6 nitrogen and oxygen atoms in total. The van der Waals surface area contributed by atoms with Crippen molar-refractivity contribution in [1.29, 1.82) is 0 Å². The van der Waals surface area contributed by atoms with Gasteiger partial charge in [0.15, 0.2) is 0 Å². The van der Waals surface area contributed by atoms with Crippen molar-refractivity contribution in [3.8, 4) is 11.5 Å². The number of Topliss-reactive ketones (excluding diaryl/α,β-unsaturated/α-hetero) is 1.